The lowest BCUT2D eigenvalue weighted by atomic mass is 10.3. The smallest absolute Gasteiger partial charge is 0.235 e. The van der Waals surface area contributed by atoms with Crippen molar-refractivity contribution in [1.29, 1.82) is 0 Å². The molecule has 1 heterocycles. The summed E-state index contributed by atoms with van der Waals surface area (Å²) in [6.45, 7) is 0.590. The fraction of sp³-hybridized carbons (Fsp3) is 0.455. The number of halogens is 2. The third-order valence-corrected chi connectivity index (χ3v) is 4.46. The van der Waals surface area contributed by atoms with Crippen LogP contribution in [0.4, 0.5) is 10.1 Å². The average molecular weight is 338 g/mol. The number of ether oxygens (including phenoxy) is 1. The van der Waals surface area contributed by atoms with Gasteiger partial charge in [0.25, 0.3) is 0 Å². The van der Waals surface area contributed by atoms with Crippen molar-refractivity contribution in [3.8, 4) is 0 Å². The number of sulfonamides is 1. The van der Waals surface area contributed by atoms with Gasteiger partial charge in [-0.3, -0.25) is 4.72 Å². The second-order valence-electron chi connectivity index (χ2n) is 4.14. The topological polar surface area (TPSA) is 55.4 Å². The number of nitrogens with one attached hydrogen (secondary N) is 1. The Bertz CT molecular complexity index is 529. The predicted molar refractivity (Wildman–Crippen MR) is 70.5 cm³/mol. The molecule has 1 aliphatic heterocycles. The SMILES string of the molecule is O=S(=O)(CC1CCCO1)Nc1ccc(Br)cc1F. The summed E-state index contributed by atoms with van der Waals surface area (Å²) < 4.78 is 45.2. The largest absolute Gasteiger partial charge is 0.377 e. The van der Waals surface area contributed by atoms with Crippen LogP contribution in [-0.4, -0.2) is 26.9 Å². The summed E-state index contributed by atoms with van der Waals surface area (Å²) in [5, 5.41) is 0. The molecule has 1 aromatic carbocycles. The Balaban J connectivity index is 2.07. The minimum Gasteiger partial charge on any atom is -0.377 e. The van der Waals surface area contributed by atoms with Crippen LogP contribution in [0.3, 0.4) is 0 Å². The van der Waals surface area contributed by atoms with Crippen LogP contribution in [0.15, 0.2) is 22.7 Å². The fourth-order valence-corrected chi connectivity index (χ4v) is 3.47. The van der Waals surface area contributed by atoms with Crippen molar-refractivity contribution < 1.29 is 17.5 Å². The Morgan fingerprint density at radius 1 is 1.50 bits per heavy atom. The molecular formula is C11H13BrFNO3S. The summed E-state index contributed by atoms with van der Waals surface area (Å²) in [4.78, 5) is 0. The van der Waals surface area contributed by atoms with Gasteiger partial charge in [-0.1, -0.05) is 15.9 Å². The summed E-state index contributed by atoms with van der Waals surface area (Å²) in [7, 11) is -3.58. The van der Waals surface area contributed by atoms with E-state index in [1.807, 2.05) is 0 Å². The first-order valence-electron chi connectivity index (χ1n) is 5.53. The van der Waals surface area contributed by atoms with Crippen molar-refractivity contribution in [2.45, 2.75) is 18.9 Å². The van der Waals surface area contributed by atoms with Crippen LogP contribution < -0.4 is 4.72 Å². The molecule has 0 aliphatic carbocycles. The molecule has 1 unspecified atom stereocenters. The maximum absolute atomic E-state index is 13.5. The quantitative estimate of drug-likeness (QED) is 0.918. The van der Waals surface area contributed by atoms with Crippen LogP contribution in [0.5, 0.6) is 0 Å². The molecule has 0 aromatic heterocycles. The monoisotopic (exact) mass is 337 g/mol. The van der Waals surface area contributed by atoms with Gasteiger partial charge in [0.2, 0.25) is 10.0 Å². The van der Waals surface area contributed by atoms with E-state index in [0.29, 0.717) is 11.1 Å². The van der Waals surface area contributed by atoms with Crippen molar-refractivity contribution in [2.24, 2.45) is 0 Å². The highest BCUT2D eigenvalue weighted by Crippen LogP contribution is 2.21. The average Bonchev–Trinajstić information content (AvgIpc) is 2.74. The van der Waals surface area contributed by atoms with E-state index in [2.05, 4.69) is 20.7 Å². The third-order valence-electron chi connectivity index (χ3n) is 2.63. The molecule has 18 heavy (non-hydrogen) atoms. The van der Waals surface area contributed by atoms with Crippen LogP contribution in [-0.2, 0) is 14.8 Å². The summed E-state index contributed by atoms with van der Waals surface area (Å²) in [6.07, 6.45) is 1.30. The minimum atomic E-state index is -3.58. The van der Waals surface area contributed by atoms with Crippen LogP contribution >= 0.6 is 15.9 Å². The van der Waals surface area contributed by atoms with Crippen molar-refractivity contribution in [3.63, 3.8) is 0 Å². The first kappa shape index (κ1) is 13.8. The molecular weight excluding hydrogens is 325 g/mol. The first-order chi connectivity index (χ1) is 8.46. The Hall–Kier alpha value is -0.660. The van der Waals surface area contributed by atoms with Gasteiger partial charge >= 0.3 is 0 Å². The van der Waals surface area contributed by atoms with Gasteiger partial charge in [0.15, 0.2) is 0 Å². The standard InChI is InChI=1S/C11H13BrFNO3S/c12-8-3-4-11(10(13)6-8)14-18(15,16)7-9-2-1-5-17-9/h3-4,6,9,14H,1-2,5,7H2. The molecule has 1 atom stereocenters. The Morgan fingerprint density at radius 3 is 2.89 bits per heavy atom. The van der Waals surface area contributed by atoms with Gasteiger partial charge < -0.3 is 4.74 Å². The second kappa shape index (κ2) is 5.54. The Morgan fingerprint density at radius 2 is 2.28 bits per heavy atom. The van der Waals surface area contributed by atoms with E-state index in [4.69, 9.17) is 4.74 Å². The van der Waals surface area contributed by atoms with E-state index in [0.717, 1.165) is 12.8 Å². The molecule has 0 spiro atoms. The number of benzene rings is 1. The lowest BCUT2D eigenvalue weighted by molar-refractivity contribution is 0.127. The zero-order valence-electron chi connectivity index (χ0n) is 9.53. The number of hydrogen-bond donors (Lipinski definition) is 1. The molecule has 0 radical (unpaired) electrons. The molecule has 2 rings (SSSR count). The Labute approximate surface area is 114 Å². The second-order valence-corrected chi connectivity index (χ2v) is 6.83. The maximum Gasteiger partial charge on any atom is 0.235 e. The predicted octanol–water partition coefficient (Wildman–Crippen LogP) is 2.51. The molecule has 0 saturated carbocycles. The first-order valence-corrected chi connectivity index (χ1v) is 7.98. The van der Waals surface area contributed by atoms with E-state index in [-0.39, 0.29) is 17.5 Å². The van der Waals surface area contributed by atoms with E-state index >= 15 is 0 Å². The van der Waals surface area contributed by atoms with Gasteiger partial charge in [-0.15, -0.1) is 0 Å². The molecule has 100 valence electrons. The van der Waals surface area contributed by atoms with Crippen molar-refractivity contribution >= 4 is 31.6 Å². The lowest BCUT2D eigenvalue weighted by Crippen LogP contribution is -2.26. The van der Waals surface area contributed by atoms with Gasteiger partial charge in [0.05, 0.1) is 17.5 Å². The van der Waals surface area contributed by atoms with Gasteiger partial charge in [0.1, 0.15) is 5.82 Å². The molecule has 1 saturated heterocycles. The van der Waals surface area contributed by atoms with Crippen molar-refractivity contribution in [1.82, 2.24) is 0 Å². The number of anilines is 1. The molecule has 7 heteroatoms. The molecule has 0 amide bonds. The Kier molecular flexibility index (Phi) is 4.24. The van der Waals surface area contributed by atoms with E-state index in [1.54, 1.807) is 6.07 Å². The number of hydrogen-bond acceptors (Lipinski definition) is 3. The number of rotatable bonds is 4. The molecule has 1 aromatic rings. The molecule has 1 N–H and O–H groups in total. The van der Waals surface area contributed by atoms with Gasteiger partial charge in [0, 0.05) is 11.1 Å². The van der Waals surface area contributed by atoms with Gasteiger partial charge in [-0.25, -0.2) is 12.8 Å². The van der Waals surface area contributed by atoms with Crippen LogP contribution in [0.25, 0.3) is 0 Å². The normalized spacial score (nSPS) is 20.0. The van der Waals surface area contributed by atoms with Gasteiger partial charge in [-0.2, -0.15) is 0 Å². The maximum atomic E-state index is 13.5. The van der Waals surface area contributed by atoms with E-state index < -0.39 is 15.8 Å². The highest BCUT2D eigenvalue weighted by molar-refractivity contribution is 9.10. The zero-order chi connectivity index (χ0) is 13.2. The minimum absolute atomic E-state index is 0.0452. The van der Waals surface area contributed by atoms with Gasteiger partial charge in [-0.05, 0) is 31.0 Å². The van der Waals surface area contributed by atoms with E-state index in [1.165, 1.54) is 12.1 Å². The summed E-state index contributed by atoms with van der Waals surface area (Å²) in [5.74, 6) is -0.747. The fourth-order valence-electron chi connectivity index (χ4n) is 1.80. The highest BCUT2D eigenvalue weighted by atomic mass is 79.9. The lowest BCUT2D eigenvalue weighted by Gasteiger charge is -2.12. The van der Waals surface area contributed by atoms with Crippen LogP contribution in [0.2, 0.25) is 0 Å². The van der Waals surface area contributed by atoms with Crippen molar-refractivity contribution in [2.75, 3.05) is 17.1 Å². The molecule has 1 aliphatic rings. The molecule has 0 bridgehead atoms. The highest BCUT2D eigenvalue weighted by Gasteiger charge is 2.23. The summed E-state index contributed by atoms with van der Waals surface area (Å²) in [5.41, 5.74) is -0.0452. The van der Waals surface area contributed by atoms with Crippen molar-refractivity contribution in [3.05, 3.63) is 28.5 Å². The van der Waals surface area contributed by atoms with Crippen LogP contribution in [0, 0.1) is 5.82 Å². The van der Waals surface area contributed by atoms with Crippen LogP contribution in [0.1, 0.15) is 12.8 Å². The summed E-state index contributed by atoms with van der Waals surface area (Å²) in [6, 6.07) is 4.17. The molecule has 4 nitrogen and oxygen atoms in total. The summed E-state index contributed by atoms with van der Waals surface area (Å²) >= 11 is 3.11. The molecule has 1 fully saturated rings. The third kappa shape index (κ3) is 3.66. The zero-order valence-corrected chi connectivity index (χ0v) is 11.9. The van der Waals surface area contributed by atoms with E-state index in [9.17, 15) is 12.8 Å².